The van der Waals surface area contributed by atoms with Crippen LogP contribution in [0.3, 0.4) is 0 Å². The first-order valence-corrected chi connectivity index (χ1v) is 10.4. The Hall–Kier alpha value is -1.83. The van der Waals surface area contributed by atoms with Crippen LogP contribution < -0.4 is 15.0 Å². The highest BCUT2D eigenvalue weighted by atomic mass is 79.9. The van der Waals surface area contributed by atoms with Gasteiger partial charge in [-0.2, -0.15) is 0 Å². The van der Waals surface area contributed by atoms with Gasteiger partial charge >= 0.3 is 5.97 Å². The van der Waals surface area contributed by atoms with Gasteiger partial charge in [0.25, 0.3) is 0 Å². The number of esters is 1. The fourth-order valence-corrected chi connectivity index (χ4v) is 4.93. The van der Waals surface area contributed by atoms with Gasteiger partial charge in [0, 0.05) is 20.7 Å². The van der Waals surface area contributed by atoms with Crippen molar-refractivity contribution < 1.29 is 14.3 Å². The van der Waals surface area contributed by atoms with Crippen molar-refractivity contribution in [2.75, 3.05) is 11.5 Å². The van der Waals surface area contributed by atoms with Crippen molar-refractivity contribution in [1.29, 1.82) is 0 Å². The van der Waals surface area contributed by atoms with Gasteiger partial charge in [0.05, 0.1) is 12.6 Å². The molecule has 1 saturated heterocycles. The Bertz CT molecular complexity index is 972. The summed E-state index contributed by atoms with van der Waals surface area (Å²) in [6.45, 7) is 3.93. The second-order valence-corrected chi connectivity index (χ2v) is 8.55. The normalized spacial score (nSPS) is 25.4. The molecule has 3 unspecified atom stereocenters. The molecular weight excluding hydrogens is 464 g/mol. The Morgan fingerprint density at radius 3 is 2.89 bits per heavy atom. The SMILES string of the molecule is CCOC(=O)C1C2NC(=S)N(c3cccc(Cl)c3)C1(C)Oc1ccc(Br)cc12. The molecule has 0 amide bonds. The molecule has 4 rings (SSSR count). The zero-order valence-corrected chi connectivity index (χ0v) is 18.4. The summed E-state index contributed by atoms with van der Waals surface area (Å²) in [4.78, 5) is 14.8. The van der Waals surface area contributed by atoms with Crippen molar-refractivity contribution in [2.24, 2.45) is 5.92 Å². The second kappa shape index (κ2) is 7.21. The first-order chi connectivity index (χ1) is 13.3. The monoisotopic (exact) mass is 480 g/mol. The Labute approximate surface area is 182 Å². The van der Waals surface area contributed by atoms with Crippen molar-refractivity contribution in [3.63, 3.8) is 0 Å². The number of nitrogens with zero attached hydrogens (tertiary/aromatic N) is 1. The molecule has 0 radical (unpaired) electrons. The van der Waals surface area contributed by atoms with E-state index >= 15 is 0 Å². The van der Waals surface area contributed by atoms with Crippen molar-refractivity contribution in [3.8, 4) is 5.75 Å². The van der Waals surface area contributed by atoms with E-state index in [1.54, 1.807) is 24.0 Å². The van der Waals surface area contributed by atoms with Crippen LogP contribution in [0.15, 0.2) is 46.9 Å². The summed E-state index contributed by atoms with van der Waals surface area (Å²) >= 11 is 15.4. The number of carbonyl (C=O) groups excluding carboxylic acids is 1. The van der Waals surface area contributed by atoms with Crippen molar-refractivity contribution >= 4 is 56.5 Å². The number of hydrogen-bond acceptors (Lipinski definition) is 4. The molecule has 2 aromatic carbocycles. The predicted molar refractivity (Wildman–Crippen MR) is 116 cm³/mol. The van der Waals surface area contributed by atoms with Crippen LogP contribution in [-0.2, 0) is 9.53 Å². The number of fused-ring (bicyclic) bond motifs is 4. The van der Waals surface area contributed by atoms with Gasteiger partial charge in [0.2, 0.25) is 5.72 Å². The molecule has 0 aromatic heterocycles. The molecule has 28 heavy (non-hydrogen) atoms. The number of thiocarbonyl (C=S) groups is 1. The molecule has 5 nitrogen and oxygen atoms in total. The lowest BCUT2D eigenvalue weighted by Crippen LogP contribution is -2.71. The van der Waals surface area contributed by atoms with E-state index in [4.69, 9.17) is 33.3 Å². The first-order valence-electron chi connectivity index (χ1n) is 8.86. The van der Waals surface area contributed by atoms with E-state index in [-0.39, 0.29) is 18.6 Å². The number of benzene rings is 2. The van der Waals surface area contributed by atoms with Crippen LogP contribution in [0.1, 0.15) is 25.5 Å². The van der Waals surface area contributed by atoms with E-state index in [0.717, 1.165) is 15.7 Å². The number of hydrogen-bond donors (Lipinski definition) is 1. The molecule has 0 spiro atoms. The third-order valence-electron chi connectivity index (χ3n) is 5.07. The van der Waals surface area contributed by atoms with E-state index in [1.165, 1.54) is 0 Å². The van der Waals surface area contributed by atoms with Crippen LogP contribution >= 0.6 is 39.7 Å². The van der Waals surface area contributed by atoms with E-state index in [2.05, 4.69) is 21.2 Å². The summed E-state index contributed by atoms with van der Waals surface area (Å²) in [5.41, 5.74) is 0.518. The van der Waals surface area contributed by atoms with Crippen LogP contribution in [0.25, 0.3) is 0 Å². The summed E-state index contributed by atoms with van der Waals surface area (Å²) < 4.78 is 12.7. The summed E-state index contributed by atoms with van der Waals surface area (Å²) in [5, 5.41) is 4.35. The Kier molecular flexibility index (Phi) is 5.02. The number of rotatable bonds is 3. The predicted octanol–water partition coefficient (Wildman–Crippen LogP) is 4.83. The Morgan fingerprint density at radius 2 is 2.18 bits per heavy atom. The molecule has 0 saturated carbocycles. The topological polar surface area (TPSA) is 50.8 Å². The Morgan fingerprint density at radius 1 is 1.39 bits per heavy atom. The largest absolute Gasteiger partial charge is 0.466 e. The van der Waals surface area contributed by atoms with Gasteiger partial charge < -0.3 is 14.8 Å². The third-order valence-corrected chi connectivity index (χ3v) is 6.10. The quantitative estimate of drug-likeness (QED) is 0.501. The number of nitrogens with one attached hydrogen (secondary N) is 1. The molecule has 3 atom stereocenters. The maximum atomic E-state index is 13.0. The smallest absolute Gasteiger partial charge is 0.317 e. The van der Waals surface area contributed by atoms with Crippen molar-refractivity contribution in [2.45, 2.75) is 25.6 Å². The zero-order chi connectivity index (χ0) is 20.1. The molecular formula is C20H18BrClN2O3S. The second-order valence-electron chi connectivity index (χ2n) is 6.81. The van der Waals surface area contributed by atoms with Crippen LogP contribution in [-0.4, -0.2) is 23.4 Å². The number of anilines is 1. The highest BCUT2D eigenvalue weighted by Gasteiger charge is 2.59. The zero-order valence-electron chi connectivity index (χ0n) is 15.2. The number of ether oxygens (including phenoxy) is 2. The molecule has 0 aliphatic carbocycles. The van der Waals surface area contributed by atoms with Crippen LogP contribution in [0.5, 0.6) is 5.75 Å². The molecule has 2 heterocycles. The van der Waals surface area contributed by atoms with Crippen molar-refractivity contribution in [3.05, 3.63) is 57.5 Å². The minimum atomic E-state index is -1.08. The molecule has 2 aliphatic rings. The Balaban J connectivity index is 1.90. The van der Waals surface area contributed by atoms with E-state index in [0.29, 0.717) is 15.9 Å². The van der Waals surface area contributed by atoms with Gasteiger partial charge in [0.15, 0.2) is 5.11 Å². The molecule has 2 aromatic rings. The van der Waals surface area contributed by atoms with Crippen LogP contribution in [0, 0.1) is 5.92 Å². The lowest BCUT2D eigenvalue weighted by molar-refractivity contribution is -0.159. The number of halogens is 2. The molecule has 2 bridgehead atoms. The molecule has 146 valence electrons. The van der Waals surface area contributed by atoms with Gasteiger partial charge in [-0.05, 0) is 62.5 Å². The first kappa shape index (κ1) is 19.5. The summed E-state index contributed by atoms with van der Waals surface area (Å²) in [6.07, 6.45) is 0. The fraction of sp³-hybridized carbons (Fsp3) is 0.300. The lowest BCUT2D eigenvalue weighted by atomic mass is 9.79. The summed E-state index contributed by atoms with van der Waals surface area (Å²) in [6, 6.07) is 12.7. The lowest BCUT2D eigenvalue weighted by Gasteiger charge is -2.55. The minimum Gasteiger partial charge on any atom is -0.466 e. The molecule has 1 fully saturated rings. The van der Waals surface area contributed by atoms with Gasteiger partial charge in [-0.25, -0.2) is 0 Å². The molecule has 2 aliphatic heterocycles. The maximum Gasteiger partial charge on any atom is 0.317 e. The van der Waals surface area contributed by atoms with Crippen molar-refractivity contribution in [1.82, 2.24) is 5.32 Å². The highest BCUT2D eigenvalue weighted by molar-refractivity contribution is 9.10. The maximum absolute atomic E-state index is 13.0. The van der Waals surface area contributed by atoms with Gasteiger partial charge in [-0.1, -0.05) is 33.6 Å². The van der Waals surface area contributed by atoms with E-state index < -0.39 is 11.6 Å². The third kappa shape index (κ3) is 3.06. The number of carbonyl (C=O) groups is 1. The van der Waals surface area contributed by atoms with E-state index in [1.807, 2.05) is 37.3 Å². The molecule has 1 N–H and O–H groups in total. The average Bonchev–Trinajstić information content (AvgIpc) is 2.62. The van der Waals surface area contributed by atoms with Crippen LogP contribution in [0.4, 0.5) is 5.69 Å². The van der Waals surface area contributed by atoms with Crippen LogP contribution in [0.2, 0.25) is 5.02 Å². The van der Waals surface area contributed by atoms with Gasteiger partial charge in [-0.15, -0.1) is 0 Å². The van der Waals surface area contributed by atoms with E-state index in [9.17, 15) is 4.79 Å². The standard InChI is InChI=1S/C20H18BrClN2O3S/c1-3-26-18(25)16-17-14-9-11(21)7-8-15(14)27-20(16,2)24(19(28)23-17)13-6-4-5-12(22)10-13/h4-10,16-17H,3H2,1-2H3,(H,23,28). The molecule has 8 heteroatoms. The van der Waals surface area contributed by atoms with Gasteiger partial charge in [0.1, 0.15) is 11.7 Å². The minimum absolute atomic E-state index is 0.283. The highest BCUT2D eigenvalue weighted by Crippen LogP contribution is 2.50. The summed E-state index contributed by atoms with van der Waals surface area (Å²) in [5.74, 6) is -0.291. The van der Waals surface area contributed by atoms with Gasteiger partial charge in [-0.3, -0.25) is 9.69 Å². The average molecular weight is 482 g/mol. The summed E-state index contributed by atoms with van der Waals surface area (Å²) in [7, 11) is 0. The fourth-order valence-electron chi connectivity index (χ4n) is 3.95.